The van der Waals surface area contributed by atoms with Gasteiger partial charge in [-0.25, -0.2) is 4.39 Å². The predicted octanol–water partition coefficient (Wildman–Crippen LogP) is 3.20. The minimum atomic E-state index is -0.611. The zero-order valence-corrected chi connectivity index (χ0v) is 11.8. The molecule has 2 aromatic carbocycles. The molecule has 1 unspecified atom stereocenters. The first kappa shape index (κ1) is 14.3. The Morgan fingerprint density at radius 1 is 1.00 bits per heavy atom. The van der Waals surface area contributed by atoms with Gasteiger partial charge in [0.1, 0.15) is 17.3 Å². The van der Waals surface area contributed by atoms with Crippen molar-refractivity contribution in [1.29, 1.82) is 0 Å². The third-order valence-corrected chi connectivity index (χ3v) is 3.26. The van der Waals surface area contributed by atoms with Crippen molar-refractivity contribution < 1.29 is 13.9 Å². The fraction of sp³-hybridized carbons (Fsp3) is 0.250. The molecule has 0 heterocycles. The van der Waals surface area contributed by atoms with Gasteiger partial charge in [0.2, 0.25) is 0 Å². The summed E-state index contributed by atoms with van der Waals surface area (Å²) in [5.41, 5.74) is 8.30. The Balaban J connectivity index is 2.51. The van der Waals surface area contributed by atoms with E-state index < -0.39 is 6.04 Å². The third kappa shape index (κ3) is 2.75. The van der Waals surface area contributed by atoms with Crippen molar-refractivity contribution in [2.45, 2.75) is 13.0 Å². The van der Waals surface area contributed by atoms with Crippen LogP contribution in [0.5, 0.6) is 11.5 Å². The summed E-state index contributed by atoms with van der Waals surface area (Å²) in [5.74, 6) is 0.941. The van der Waals surface area contributed by atoms with E-state index in [1.54, 1.807) is 44.6 Å². The number of hydrogen-bond acceptors (Lipinski definition) is 3. The highest BCUT2D eigenvalue weighted by molar-refractivity contribution is 5.46. The summed E-state index contributed by atoms with van der Waals surface area (Å²) >= 11 is 0. The third-order valence-electron chi connectivity index (χ3n) is 3.26. The van der Waals surface area contributed by atoms with Crippen molar-refractivity contribution in [2.75, 3.05) is 14.2 Å². The molecule has 2 rings (SSSR count). The van der Waals surface area contributed by atoms with E-state index in [9.17, 15) is 4.39 Å². The van der Waals surface area contributed by atoms with Crippen molar-refractivity contribution in [3.63, 3.8) is 0 Å². The first-order valence-electron chi connectivity index (χ1n) is 6.30. The summed E-state index contributed by atoms with van der Waals surface area (Å²) in [6.45, 7) is 1.90. The molecule has 0 aliphatic heterocycles. The molecular weight excluding hydrogens is 257 g/mol. The number of methoxy groups -OCH3 is 2. The molecule has 0 saturated carbocycles. The largest absolute Gasteiger partial charge is 0.497 e. The van der Waals surface area contributed by atoms with Gasteiger partial charge in [-0.1, -0.05) is 17.7 Å². The maximum Gasteiger partial charge on any atom is 0.128 e. The molecule has 0 amide bonds. The number of hydrogen-bond donors (Lipinski definition) is 1. The zero-order chi connectivity index (χ0) is 14.7. The van der Waals surface area contributed by atoms with E-state index in [1.165, 1.54) is 6.07 Å². The molecule has 3 nitrogen and oxygen atoms in total. The molecule has 0 aromatic heterocycles. The first-order valence-corrected chi connectivity index (χ1v) is 6.30. The Morgan fingerprint density at radius 3 is 2.40 bits per heavy atom. The second kappa shape index (κ2) is 5.92. The average Bonchev–Trinajstić information content (AvgIpc) is 2.48. The lowest BCUT2D eigenvalue weighted by Gasteiger charge is -2.18. The van der Waals surface area contributed by atoms with Crippen LogP contribution in [-0.4, -0.2) is 14.2 Å². The summed E-state index contributed by atoms with van der Waals surface area (Å²) in [6, 6.07) is 9.60. The molecule has 0 aliphatic rings. The SMILES string of the molecule is COc1ccc(OC)c(C(N)c2cc(C)ccc2F)c1. The van der Waals surface area contributed by atoms with Crippen LogP contribution in [0, 0.1) is 12.7 Å². The monoisotopic (exact) mass is 275 g/mol. The van der Waals surface area contributed by atoms with E-state index in [4.69, 9.17) is 15.2 Å². The number of ether oxygens (including phenoxy) is 2. The molecule has 0 aliphatic carbocycles. The van der Waals surface area contributed by atoms with Gasteiger partial charge in [-0.3, -0.25) is 0 Å². The van der Waals surface area contributed by atoms with Crippen LogP contribution in [0.1, 0.15) is 22.7 Å². The average molecular weight is 275 g/mol. The van der Waals surface area contributed by atoms with Crippen LogP contribution in [0.25, 0.3) is 0 Å². The molecule has 106 valence electrons. The highest BCUT2D eigenvalue weighted by Crippen LogP contribution is 2.32. The zero-order valence-electron chi connectivity index (χ0n) is 11.8. The molecule has 2 N–H and O–H groups in total. The maximum absolute atomic E-state index is 14.0. The van der Waals surface area contributed by atoms with E-state index in [0.29, 0.717) is 22.6 Å². The van der Waals surface area contributed by atoms with Gasteiger partial charge in [0.25, 0.3) is 0 Å². The van der Waals surface area contributed by atoms with Crippen LogP contribution >= 0.6 is 0 Å². The fourth-order valence-corrected chi connectivity index (χ4v) is 2.15. The van der Waals surface area contributed by atoms with Gasteiger partial charge in [-0.05, 0) is 31.2 Å². The highest BCUT2D eigenvalue weighted by atomic mass is 19.1. The van der Waals surface area contributed by atoms with Crippen LogP contribution in [0.3, 0.4) is 0 Å². The van der Waals surface area contributed by atoms with E-state index in [2.05, 4.69) is 0 Å². The van der Waals surface area contributed by atoms with Crippen LogP contribution in [0.15, 0.2) is 36.4 Å². The Bertz CT molecular complexity index is 613. The number of aryl methyl sites for hydroxylation is 1. The van der Waals surface area contributed by atoms with Crippen LogP contribution in [0.4, 0.5) is 4.39 Å². The molecule has 0 radical (unpaired) electrons. The lowest BCUT2D eigenvalue weighted by Crippen LogP contribution is -2.15. The van der Waals surface area contributed by atoms with Crippen LogP contribution in [0.2, 0.25) is 0 Å². The normalized spacial score (nSPS) is 12.1. The predicted molar refractivity (Wildman–Crippen MR) is 76.7 cm³/mol. The van der Waals surface area contributed by atoms with Crippen molar-refractivity contribution >= 4 is 0 Å². The van der Waals surface area contributed by atoms with Gasteiger partial charge in [0.15, 0.2) is 0 Å². The van der Waals surface area contributed by atoms with E-state index in [1.807, 2.05) is 6.92 Å². The molecular formula is C16H18FNO2. The van der Waals surface area contributed by atoms with Gasteiger partial charge in [0, 0.05) is 11.1 Å². The molecule has 0 fully saturated rings. The Hall–Kier alpha value is -2.07. The lowest BCUT2D eigenvalue weighted by molar-refractivity contribution is 0.396. The Labute approximate surface area is 118 Å². The number of halogens is 1. The van der Waals surface area contributed by atoms with Gasteiger partial charge in [0.05, 0.1) is 20.3 Å². The first-order chi connectivity index (χ1) is 9.56. The molecule has 20 heavy (non-hydrogen) atoms. The minimum Gasteiger partial charge on any atom is -0.497 e. The number of benzene rings is 2. The maximum atomic E-state index is 14.0. The summed E-state index contributed by atoms with van der Waals surface area (Å²) < 4.78 is 24.5. The minimum absolute atomic E-state index is 0.326. The summed E-state index contributed by atoms with van der Waals surface area (Å²) in [7, 11) is 3.13. The van der Waals surface area contributed by atoms with Gasteiger partial charge < -0.3 is 15.2 Å². The number of rotatable bonds is 4. The van der Waals surface area contributed by atoms with E-state index in [-0.39, 0.29) is 5.82 Å². The standard InChI is InChI=1S/C16H18FNO2/c1-10-4-6-14(17)12(8-10)16(18)13-9-11(19-2)5-7-15(13)20-3/h4-9,16H,18H2,1-3H3. The van der Waals surface area contributed by atoms with E-state index in [0.717, 1.165) is 5.56 Å². The van der Waals surface area contributed by atoms with Crippen molar-refractivity contribution in [3.8, 4) is 11.5 Å². The smallest absolute Gasteiger partial charge is 0.128 e. The van der Waals surface area contributed by atoms with Gasteiger partial charge >= 0.3 is 0 Å². The Morgan fingerprint density at radius 2 is 1.75 bits per heavy atom. The molecule has 0 saturated heterocycles. The molecule has 0 bridgehead atoms. The molecule has 2 aromatic rings. The molecule has 4 heteroatoms. The Kier molecular flexibility index (Phi) is 4.25. The molecule has 1 atom stereocenters. The van der Waals surface area contributed by atoms with Crippen molar-refractivity contribution in [3.05, 3.63) is 58.9 Å². The summed E-state index contributed by atoms with van der Waals surface area (Å²) in [4.78, 5) is 0. The molecule has 0 spiro atoms. The van der Waals surface area contributed by atoms with Gasteiger partial charge in [-0.15, -0.1) is 0 Å². The van der Waals surface area contributed by atoms with Gasteiger partial charge in [-0.2, -0.15) is 0 Å². The van der Waals surface area contributed by atoms with Crippen LogP contribution in [-0.2, 0) is 0 Å². The lowest BCUT2D eigenvalue weighted by atomic mass is 9.96. The van der Waals surface area contributed by atoms with Crippen molar-refractivity contribution in [1.82, 2.24) is 0 Å². The second-order valence-electron chi connectivity index (χ2n) is 4.61. The topological polar surface area (TPSA) is 44.5 Å². The second-order valence-corrected chi connectivity index (χ2v) is 4.61. The fourth-order valence-electron chi connectivity index (χ4n) is 2.15. The van der Waals surface area contributed by atoms with Crippen LogP contribution < -0.4 is 15.2 Å². The highest BCUT2D eigenvalue weighted by Gasteiger charge is 2.18. The van der Waals surface area contributed by atoms with Crippen molar-refractivity contribution in [2.24, 2.45) is 5.73 Å². The van der Waals surface area contributed by atoms with E-state index >= 15 is 0 Å². The quantitative estimate of drug-likeness (QED) is 0.932. The summed E-state index contributed by atoms with van der Waals surface area (Å²) in [6.07, 6.45) is 0. The summed E-state index contributed by atoms with van der Waals surface area (Å²) in [5, 5.41) is 0. The number of nitrogens with two attached hydrogens (primary N) is 1.